The number of rotatable bonds is 25. The van der Waals surface area contributed by atoms with Gasteiger partial charge in [-0.3, -0.25) is 19.2 Å². The molecule has 0 aliphatic carbocycles. The second-order valence-corrected chi connectivity index (χ2v) is 21.4. The molecular weight excluding hydrogens is 757 g/mol. The Morgan fingerprint density at radius 2 is 0.800 bits per heavy atom. The normalized spacial score (nSPS) is 20.7. The Labute approximate surface area is 364 Å². The minimum absolute atomic E-state index is 0.00845. The number of amides is 4. The van der Waals surface area contributed by atoms with Crippen LogP contribution in [0.25, 0.3) is 0 Å². The van der Waals surface area contributed by atoms with Crippen molar-refractivity contribution in [2.45, 2.75) is 245 Å². The van der Waals surface area contributed by atoms with Crippen molar-refractivity contribution >= 4 is 23.6 Å². The molecule has 0 saturated carbocycles. The Morgan fingerprint density at radius 1 is 0.517 bits per heavy atom. The molecule has 1 unspecified atom stereocenters. The van der Waals surface area contributed by atoms with Gasteiger partial charge in [0.2, 0.25) is 23.6 Å². The first-order valence-corrected chi connectivity index (χ1v) is 23.3. The third-order valence-corrected chi connectivity index (χ3v) is 12.1. The molecule has 2 rings (SSSR count). The second-order valence-electron chi connectivity index (χ2n) is 21.4. The Bertz CT molecular complexity index is 1270. The van der Waals surface area contributed by atoms with E-state index in [9.17, 15) is 29.6 Å². The maximum atomic E-state index is 12.8. The van der Waals surface area contributed by atoms with E-state index in [1.807, 2.05) is 79.7 Å². The predicted octanol–water partition coefficient (Wildman–Crippen LogP) is 8.90. The summed E-state index contributed by atoms with van der Waals surface area (Å²) in [6, 6.07) is -0.235. The minimum atomic E-state index is -0.427. The first-order valence-electron chi connectivity index (χ1n) is 23.3. The van der Waals surface area contributed by atoms with Gasteiger partial charge in [-0.1, -0.05) is 90.5 Å². The maximum Gasteiger partial charge on any atom is 0.224 e. The molecule has 2 atom stereocenters. The average molecular weight is 845 g/mol. The summed E-state index contributed by atoms with van der Waals surface area (Å²) < 4.78 is 0. The van der Waals surface area contributed by atoms with Crippen molar-refractivity contribution in [3.63, 3.8) is 0 Å². The Hall–Kier alpha value is -2.80. The standard InChI is InChI=1S/C48H88N6O6/c1-35(2)29-37(23-21-27-43(57)51-39-31-45(5,6)53(59)46(7,8)32-39)49-41(55)25-19-17-15-13-14-16-18-20-26-42(56)50-38(30-36(3)4)24-22-28-44(58)52-40-33-47(9,10)54(60)48(11,12)34-40/h21-24,35-40,59-60H,13-20,25-34H2,1-12H3,(H,49,55)(H,50,56)(H,51,57)(H,52,58)/b23-21+,24-22+/t37-,38?/m1/s1. The summed E-state index contributed by atoms with van der Waals surface area (Å²) in [5.41, 5.74) is -1.71. The second kappa shape index (κ2) is 24.7. The number of piperidine rings is 2. The fourth-order valence-electron chi connectivity index (χ4n) is 9.57. The van der Waals surface area contributed by atoms with Gasteiger partial charge in [0.1, 0.15) is 0 Å². The molecule has 0 bridgehead atoms. The van der Waals surface area contributed by atoms with Crippen LogP contribution in [-0.4, -0.2) is 90.5 Å². The molecule has 2 heterocycles. The van der Waals surface area contributed by atoms with Crippen LogP contribution in [0.1, 0.15) is 199 Å². The minimum Gasteiger partial charge on any atom is -0.353 e. The molecule has 60 heavy (non-hydrogen) atoms. The molecule has 2 fully saturated rings. The van der Waals surface area contributed by atoms with E-state index in [2.05, 4.69) is 49.0 Å². The van der Waals surface area contributed by atoms with Gasteiger partial charge in [0.25, 0.3) is 0 Å². The lowest BCUT2D eigenvalue weighted by Crippen LogP contribution is -2.62. The third-order valence-electron chi connectivity index (χ3n) is 12.1. The van der Waals surface area contributed by atoms with Crippen molar-refractivity contribution in [2.75, 3.05) is 0 Å². The largest absolute Gasteiger partial charge is 0.353 e. The Morgan fingerprint density at radius 3 is 1.08 bits per heavy atom. The smallest absolute Gasteiger partial charge is 0.224 e. The van der Waals surface area contributed by atoms with Gasteiger partial charge in [0, 0.05) is 72.0 Å². The molecule has 2 aliphatic heterocycles. The summed E-state index contributed by atoms with van der Waals surface area (Å²) in [5, 5.41) is 36.6. The van der Waals surface area contributed by atoms with Crippen molar-refractivity contribution in [3.8, 4) is 0 Å². The van der Waals surface area contributed by atoms with Crippen LogP contribution in [0, 0.1) is 11.8 Å². The van der Waals surface area contributed by atoms with Crippen LogP contribution < -0.4 is 21.3 Å². The number of nitrogens with zero attached hydrogens (tertiary/aromatic N) is 2. The maximum absolute atomic E-state index is 12.8. The molecule has 0 radical (unpaired) electrons. The van der Waals surface area contributed by atoms with E-state index < -0.39 is 22.2 Å². The van der Waals surface area contributed by atoms with E-state index in [1.165, 1.54) is 10.1 Å². The van der Waals surface area contributed by atoms with Crippen LogP contribution in [-0.2, 0) is 19.2 Å². The van der Waals surface area contributed by atoms with Gasteiger partial charge in [-0.2, -0.15) is 10.1 Å². The van der Waals surface area contributed by atoms with Gasteiger partial charge in [0.05, 0.1) is 0 Å². The Kier molecular flexibility index (Phi) is 22.0. The van der Waals surface area contributed by atoms with E-state index in [1.54, 1.807) is 0 Å². The molecule has 2 saturated heterocycles. The zero-order valence-corrected chi connectivity index (χ0v) is 39.9. The number of hydrogen-bond donors (Lipinski definition) is 6. The number of nitrogens with one attached hydrogen (secondary N) is 4. The zero-order chi connectivity index (χ0) is 45.3. The van der Waals surface area contributed by atoms with Gasteiger partial charge in [0.15, 0.2) is 0 Å². The summed E-state index contributed by atoms with van der Waals surface area (Å²) in [4.78, 5) is 51.2. The lowest BCUT2D eigenvalue weighted by molar-refractivity contribution is -0.246. The highest BCUT2D eigenvalue weighted by Gasteiger charge is 2.46. The summed E-state index contributed by atoms with van der Waals surface area (Å²) in [6.07, 6.45) is 21.6. The Balaban J connectivity index is 1.61. The molecule has 346 valence electrons. The van der Waals surface area contributed by atoms with E-state index >= 15 is 0 Å². The van der Waals surface area contributed by atoms with Gasteiger partial charge < -0.3 is 31.7 Å². The van der Waals surface area contributed by atoms with Crippen molar-refractivity contribution in [1.29, 1.82) is 0 Å². The van der Waals surface area contributed by atoms with Crippen LogP contribution >= 0.6 is 0 Å². The fourth-order valence-corrected chi connectivity index (χ4v) is 9.57. The lowest BCUT2D eigenvalue weighted by atomic mass is 9.79. The molecule has 2 aliphatic rings. The van der Waals surface area contributed by atoms with Gasteiger partial charge in [-0.15, -0.1) is 0 Å². The number of unbranched alkanes of at least 4 members (excludes halogenated alkanes) is 7. The van der Waals surface area contributed by atoms with Crippen molar-refractivity contribution in [3.05, 3.63) is 24.3 Å². The molecule has 0 spiro atoms. The lowest BCUT2D eigenvalue weighted by Gasteiger charge is -2.51. The SMILES string of the molecule is CC(C)CC(/C=C/CC(=O)NC1CC(C)(C)N(O)C(C)(C)C1)NC(=O)CCCCCCCCCCC(=O)N[C@H](/C=C/CC(=O)NC1CC(C)(C)N(O)C(C)(C)C1)CC(C)C. The number of hydroxylamine groups is 4. The highest BCUT2D eigenvalue weighted by Crippen LogP contribution is 2.37. The highest BCUT2D eigenvalue weighted by molar-refractivity contribution is 5.79. The van der Waals surface area contributed by atoms with Gasteiger partial charge in [-0.25, -0.2) is 0 Å². The molecule has 0 aromatic rings. The molecular formula is C48H88N6O6. The van der Waals surface area contributed by atoms with Crippen LogP contribution in [0.15, 0.2) is 24.3 Å². The van der Waals surface area contributed by atoms with Crippen LogP contribution in [0.5, 0.6) is 0 Å². The first kappa shape index (κ1) is 53.3. The summed E-state index contributed by atoms with van der Waals surface area (Å²) >= 11 is 0. The van der Waals surface area contributed by atoms with Gasteiger partial charge in [-0.05, 0) is 119 Å². The highest BCUT2D eigenvalue weighted by atomic mass is 16.5. The van der Waals surface area contributed by atoms with E-state index in [0.29, 0.717) is 50.4 Å². The summed E-state index contributed by atoms with van der Waals surface area (Å²) in [5.74, 6) is 0.805. The summed E-state index contributed by atoms with van der Waals surface area (Å²) in [7, 11) is 0. The van der Waals surface area contributed by atoms with Gasteiger partial charge >= 0.3 is 0 Å². The van der Waals surface area contributed by atoms with Crippen molar-refractivity contribution < 1.29 is 29.6 Å². The molecule has 6 N–H and O–H groups in total. The first-order chi connectivity index (χ1) is 27.8. The average Bonchev–Trinajstić information content (AvgIpc) is 3.09. The molecule has 0 aromatic carbocycles. The number of carbonyl (C=O) groups is 4. The summed E-state index contributed by atoms with van der Waals surface area (Å²) in [6.45, 7) is 24.4. The topological polar surface area (TPSA) is 163 Å². The molecule has 4 amide bonds. The molecule has 0 aromatic heterocycles. The molecule has 12 nitrogen and oxygen atoms in total. The quantitative estimate of drug-likeness (QED) is 0.0392. The predicted molar refractivity (Wildman–Crippen MR) is 242 cm³/mol. The van der Waals surface area contributed by atoms with Crippen molar-refractivity contribution in [1.82, 2.24) is 31.4 Å². The third kappa shape index (κ3) is 19.9. The van der Waals surface area contributed by atoms with Crippen LogP contribution in [0.2, 0.25) is 0 Å². The molecule has 12 heteroatoms. The van der Waals surface area contributed by atoms with E-state index in [0.717, 1.165) is 64.2 Å². The number of hydrogen-bond acceptors (Lipinski definition) is 8. The van der Waals surface area contributed by atoms with Crippen molar-refractivity contribution in [2.24, 2.45) is 11.8 Å². The van der Waals surface area contributed by atoms with Crippen LogP contribution in [0.4, 0.5) is 0 Å². The van der Waals surface area contributed by atoms with E-state index in [4.69, 9.17) is 0 Å². The monoisotopic (exact) mass is 845 g/mol. The van der Waals surface area contributed by atoms with Crippen LogP contribution in [0.3, 0.4) is 0 Å². The van der Waals surface area contributed by atoms with E-state index in [-0.39, 0.29) is 60.6 Å². The zero-order valence-electron chi connectivity index (χ0n) is 39.9. The number of carbonyl (C=O) groups excluding carboxylic acids is 4. The fraction of sp³-hybridized carbons (Fsp3) is 0.833.